The van der Waals surface area contributed by atoms with Crippen LogP contribution in [0.1, 0.15) is 44.5 Å². The third-order valence-corrected chi connectivity index (χ3v) is 21.2. The van der Waals surface area contributed by atoms with Crippen molar-refractivity contribution < 1.29 is 0 Å². The molecule has 0 amide bonds. The van der Waals surface area contributed by atoms with Crippen LogP contribution in [0.3, 0.4) is 0 Å². The van der Waals surface area contributed by atoms with Crippen LogP contribution in [0.5, 0.6) is 0 Å². The number of para-hydroxylation sites is 2. The van der Waals surface area contributed by atoms with Gasteiger partial charge in [-0.1, -0.05) is 328 Å². The fraction of sp³-hybridized carbons (Fsp3) is 0.0217. The number of hydrogen-bond donors (Lipinski definition) is 1. The zero-order valence-electron chi connectivity index (χ0n) is 54.3. The smallest absolute Gasteiger partial charge is 0.238 e. The highest BCUT2D eigenvalue weighted by atomic mass is 35.5. The Morgan fingerprint density at radius 2 is 0.594 bits per heavy atom. The Balaban J connectivity index is 0.000000114. The molecular formula is C92H57ClN8. The molecule has 4 aliphatic rings. The number of H-pyrrole nitrogens is 1. The summed E-state index contributed by atoms with van der Waals surface area (Å²) >= 11 is 5.99. The number of rotatable bonds is 5. The van der Waals surface area contributed by atoms with E-state index in [2.05, 4.69) is 267 Å². The van der Waals surface area contributed by atoms with E-state index in [-0.39, 0.29) is 10.7 Å². The van der Waals surface area contributed by atoms with Crippen LogP contribution in [-0.4, -0.2) is 39.5 Å². The molecular weight excluding hydrogens is 1250 g/mol. The van der Waals surface area contributed by atoms with E-state index in [9.17, 15) is 0 Å². The molecule has 4 heterocycles. The highest BCUT2D eigenvalue weighted by molar-refractivity contribution is 6.28. The summed E-state index contributed by atoms with van der Waals surface area (Å²) in [6, 6.07) is 120. The summed E-state index contributed by atoms with van der Waals surface area (Å²) in [5, 5.41) is 5.13. The van der Waals surface area contributed by atoms with Crippen molar-refractivity contribution in [1.82, 2.24) is 39.5 Å². The van der Waals surface area contributed by atoms with E-state index in [1.807, 2.05) is 97.1 Å². The summed E-state index contributed by atoms with van der Waals surface area (Å²) in [5.74, 6) is 3.05. The molecule has 0 bridgehead atoms. The number of aromatic nitrogens is 8. The van der Waals surface area contributed by atoms with E-state index in [0.717, 1.165) is 33.3 Å². The van der Waals surface area contributed by atoms with Crippen molar-refractivity contribution in [3.05, 3.63) is 390 Å². The van der Waals surface area contributed by atoms with Gasteiger partial charge in [0.25, 0.3) is 0 Å². The second kappa shape index (κ2) is 23.1. The van der Waals surface area contributed by atoms with E-state index in [1.54, 1.807) is 0 Å². The van der Waals surface area contributed by atoms with Gasteiger partial charge in [0.05, 0.1) is 27.4 Å². The Morgan fingerprint density at radius 3 is 1.05 bits per heavy atom. The third-order valence-electron chi connectivity index (χ3n) is 21.0. The van der Waals surface area contributed by atoms with Gasteiger partial charge in [0.1, 0.15) is 0 Å². The minimum absolute atomic E-state index is 0.202. The van der Waals surface area contributed by atoms with Gasteiger partial charge in [-0.15, -0.1) is 0 Å². The van der Waals surface area contributed by atoms with Gasteiger partial charge >= 0.3 is 0 Å². The van der Waals surface area contributed by atoms with Crippen LogP contribution in [0.2, 0.25) is 5.28 Å². The molecule has 101 heavy (non-hydrogen) atoms. The number of nitrogens with one attached hydrogen (secondary N) is 1. The van der Waals surface area contributed by atoms with Crippen molar-refractivity contribution in [3.8, 4) is 96.0 Å². The van der Waals surface area contributed by atoms with Crippen molar-refractivity contribution in [2.75, 3.05) is 0 Å². The molecule has 18 aromatic rings. The number of aromatic amines is 1. The molecule has 9 heteroatoms. The molecule has 14 aromatic carbocycles. The maximum Gasteiger partial charge on any atom is 0.238 e. The molecule has 0 fully saturated rings. The normalized spacial score (nSPS) is 13.2. The summed E-state index contributed by atoms with van der Waals surface area (Å²) in [4.78, 5) is 32.1. The second-order valence-corrected chi connectivity index (χ2v) is 26.4. The fourth-order valence-corrected chi connectivity index (χ4v) is 17.2. The molecule has 0 atom stereocenters. The van der Waals surface area contributed by atoms with Crippen LogP contribution >= 0.6 is 11.6 Å². The Labute approximate surface area is 587 Å². The molecule has 8 nitrogen and oxygen atoms in total. The van der Waals surface area contributed by atoms with E-state index in [1.165, 1.54) is 122 Å². The third kappa shape index (κ3) is 8.68. The van der Waals surface area contributed by atoms with Crippen LogP contribution in [0, 0.1) is 0 Å². The van der Waals surface area contributed by atoms with E-state index < -0.39 is 5.41 Å². The lowest BCUT2D eigenvalue weighted by atomic mass is 9.70. The first-order chi connectivity index (χ1) is 50.0. The predicted molar refractivity (Wildman–Crippen MR) is 409 cm³/mol. The lowest BCUT2D eigenvalue weighted by molar-refractivity contribution is 0.794. The number of fused-ring (bicyclic) bond motifs is 28. The topological polar surface area (TPSA) is 98.1 Å². The Bertz CT molecular complexity index is 6160. The lowest BCUT2D eigenvalue weighted by Gasteiger charge is -2.30. The van der Waals surface area contributed by atoms with Crippen LogP contribution in [0.25, 0.3) is 140 Å². The van der Waals surface area contributed by atoms with Gasteiger partial charge in [-0.2, -0.15) is 19.9 Å². The molecule has 4 aliphatic carbocycles. The van der Waals surface area contributed by atoms with Gasteiger partial charge in [-0.05, 0) is 102 Å². The van der Waals surface area contributed by atoms with Gasteiger partial charge in [-0.25, -0.2) is 9.97 Å². The molecule has 0 saturated carbocycles. The van der Waals surface area contributed by atoms with Crippen molar-refractivity contribution in [2.45, 2.75) is 10.8 Å². The van der Waals surface area contributed by atoms with E-state index >= 15 is 0 Å². The average Bonchev–Trinajstić information content (AvgIpc) is 1.51. The maximum absolute atomic E-state index is 5.99. The first-order valence-electron chi connectivity index (χ1n) is 34.1. The Hall–Kier alpha value is -13.0. The van der Waals surface area contributed by atoms with Crippen molar-refractivity contribution in [3.63, 3.8) is 0 Å². The average molecular weight is 1310 g/mol. The monoisotopic (exact) mass is 1310 g/mol. The van der Waals surface area contributed by atoms with Crippen LogP contribution in [-0.2, 0) is 10.8 Å². The summed E-state index contributed by atoms with van der Waals surface area (Å²) in [7, 11) is 0. The van der Waals surface area contributed by atoms with Gasteiger partial charge in [0, 0.05) is 60.4 Å². The van der Waals surface area contributed by atoms with Crippen molar-refractivity contribution in [2.24, 2.45) is 0 Å². The molecule has 472 valence electrons. The highest BCUT2D eigenvalue weighted by Crippen LogP contribution is 2.66. The summed E-state index contributed by atoms with van der Waals surface area (Å²) in [6.45, 7) is 0. The number of hydrogen-bond acceptors (Lipinski definition) is 6. The van der Waals surface area contributed by atoms with Crippen molar-refractivity contribution in [1.29, 1.82) is 0 Å². The number of halogens is 1. The molecule has 4 aromatic heterocycles. The molecule has 2 spiro atoms. The summed E-state index contributed by atoms with van der Waals surface area (Å²) in [5.41, 5.74) is 28.9. The van der Waals surface area contributed by atoms with Crippen LogP contribution in [0.4, 0.5) is 0 Å². The van der Waals surface area contributed by atoms with Gasteiger partial charge < -0.3 is 4.98 Å². The summed E-state index contributed by atoms with van der Waals surface area (Å²) < 4.78 is 2.28. The first-order valence-corrected chi connectivity index (χ1v) is 34.5. The quantitative estimate of drug-likeness (QED) is 0.184. The lowest BCUT2D eigenvalue weighted by Crippen LogP contribution is -2.25. The SMILES string of the molecule is Clc1nc(-c2ccccc2)nc(-c2ccccc2)n1.c1ccc(-c2nc(-c3ccccc3)nc(-n3c4ccccc4c4ccc5c(c43)-c3ccccc3C53c4ccccc4-c4ccccc43)n2)cc1.c1ccc2c(c1)-c1ccccc1C21c2ccccc2-c2c1ccc1c2[nH]c2ccccc21. The van der Waals surface area contributed by atoms with Crippen LogP contribution < -0.4 is 0 Å². The van der Waals surface area contributed by atoms with Gasteiger partial charge in [0.2, 0.25) is 11.2 Å². The Morgan fingerprint density at radius 1 is 0.257 bits per heavy atom. The van der Waals surface area contributed by atoms with Gasteiger partial charge in [0.15, 0.2) is 23.3 Å². The second-order valence-electron chi connectivity index (χ2n) is 26.1. The first kappa shape index (κ1) is 58.2. The molecule has 0 saturated heterocycles. The van der Waals surface area contributed by atoms with E-state index in [4.69, 9.17) is 26.6 Å². The standard InChI is InChI=1S/C46H28N4.C31H19N.C15H10ClN3/c1-3-15-29(16-4-1)43-47-44(30-17-5-2-6-18-30)49-45(48-43)50-40-26-14-10-21-33(40)34-27-28-39-41(42(34)50)35-22-9-13-25-38(35)46(39)36-23-11-7-19-31(36)32-20-8-12-24-37(32)46;1-5-13-24-19(9-1)20-10-2-6-14-25(20)31(24)26-15-7-3-12-23(26)29-27(31)18-17-22-21-11-4-8-16-28(21)32-30(22)29;16-15-18-13(11-7-3-1-4-8-11)17-14(19-15)12-9-5-2-6-10-12/h1-28H;1-18,32H;1-10H. The largest absolute Gasteiger partial charge is 0.354 e. The minimum atomic E-state index is -0.446. The predicted octanol–water partition coefficient (Wildman–Crippen LogP) is 22.2. The van der Waals surface area contributed by atoms with Gasteiger partial charge in [-0.3, -0.25) is 4.57 Å². The fourth-order valence-electron chi connectivity index (χ4n) is 17.0. The maximum atomic E-state index is 5.99. The number of nitrogens with zero attached hydrogens (tertiary/aromatic N) is 7. The summed E-state index contributed by atoms with van der Waals surface area (Å²) in [6.07, 6.45) is 0. The van der Waals surface area contributed by atoms with E-state index in [0.29, 0.717) is 29.2 Å². The van der Waals surface area contributed by atoms with Crippen molar-refractivity contribution >= 4 is 55.2 Å². The number of benzene rings is 14. The molecule has 0 aliphatic heterocycles. The zero-order valence-corrected chi connectivity index (χ0v) is 55.1. The van der Waals surface area contributed by atoms with Crippen LogP contribution in [0.15, 0.2) is 340 Å². The zero-order chi connectivity index (χ0) is 66.8. The molecule has 0 unspecified atom stereocenters. The minimum Gasteiger partial charge on any atom is -0.354 e. The molecule has 1 N–H and O–H groups in total. The Kier molecular flexibility index (Phi) is 13.3. The molecule has 0 radical (unpaired) electrons. The highest BCUT2D eigenvalue weighted by Gasteiger charge is 2.54. The molecule has 22 rings (SSSR count).